The van der Waals surface area contributed by atoms with Crippen molar-refractivity contribution in [2.45, 2.75) is 12.8 Å². The van der Waals surface area contributed by atoms with Gasteiger partial charge in [0.2, 0.25) is 0 Å². The zero-order valence-electron chi connectivity index (χ0n) is 11.6. The van der Waals surface area contributed by atoms with E-state index in [9.17, 15) is 9.90 Å². The summed E-state index contributed by atoms with van der Waals surface area (Å²) in [5.74, 6) is -0.186. The lowest BCUT2D eigenvalue weighted by atomic mass is 10.1. The lowest BCUT2D eigenvalue weighted by Crippen LogP contribution is -3.14. The molecular formula is C15H21NO4. The van der Waals surface area contributed by atoms with Crippen LogP contribution in [0.15, 0.2) is 24.3 Å². The van der Waals surface area contributed by atoms with Crippen LogP contribution in [0, 0.1) is 0 Å². The molecule has 5 nitrogen and oxygen atoms in total. The molecule has 0 atom stereocenters. The molecular weight excluding hydrogens is 258 g/mol. The second-order valence-corrected chi connectivity index (χ2v) is 4.98. The Kier molecular flexibility index (Phi) is 5.83. The second kappa shape index (κ2) is 7.87. The van der Waals surface area contributed by atoms with Crippen LogP contribution < -0.4 is 14.7 Å². The minimum Gasteiger partial charge on any atom is -0.550 e. The standard InChI is InChI=1S/C15H21NO4/c17-15(18)6-3-13-1-4-14(5-2-13)20-12-9-16-7-10-19-11-8-16/h1-2,4-5H,3,6-12H2,(H,17,18). The molecule has 0 aliphatic carbocycles. The maximum absolute atomic E-state index is 10.4. The van der Waals surface area contributed by atoms with E-state index in [0.717, 1.165) is 44.2 Å². The first-order valence-corrected chi connectivity index (χ1v) is 7.07. The third-order valence-electron chi connectivity index (χ3n) is 3.47. The van der Waals surface area contributed by atoms with Gasteiger partial charge in [0.15, 0.2) is 0 Å². The SMILES string of the molecule is O=C([O-])CCc1ccc(OCC[NH+]2CCOCC2)cc1. The number of aliphatic carboxylic acids is 1. The molecule has 0 radical (unpaired) electrons. The highest BCUT2D eigenvalue weighted by atomic mass is 16.5. The van der Waals surface area contributed by atoms with Gasteiger partial charge in [-0.3, -0.25) is 0 Å². The molecule has 1 N–H and O–H groups in total. The molecule has 5 heteroatoms. The number of carbonyl (C=O) groups is 1. The number of carboxylic acids is 1. The van der Waals surface area contributed by atoms with E-state index in [2.05, 4.69) is 0 Å². The number of rotatable bonds is 7. The van der Waals surface area contributed by atoms with Crippen molar-refractivity contribution in [3.8, 4) is 5.75 Å². The lowest BCUT2D eigenvalue weighted by molar-refractivity contribution is -0.908. The topological polar surface area (TPSA) is 63.0 Å². The number of hydrogen-bond donors (Lipinski definition) is 1. The van der Waals surface area contributed by atoms with Gasteiger partial charge in [0.1, 0.15) is 32.0 Å². The van der Waals surface area contributed by atoms with E-state index in [1.165, 1.54) is 4.90 Å². The summed E-state index contributed by atoms with van der Waals surface area (Å²) in [6, 6.07) is 7.58. The lowest BCUT2D eigenvalue weighted by Gasteiger charge is -2.23. The zero-order chi connectivity index (χ0) is 14.2. The highest BCUT2D eigenvalue weighted by Gasteiger charge is 2.13. The van der Waals surface area contributed by atoms with Crippen LogP contribution in [-0.4, -0.2) is 45.4 Å². The van der Waals surface area contributed by atoms with E-state index in [1.54, 1.807) is 0 Å². The van der Waals surface area contributed by atoms with Gasteiger partial charge in [0.05, 0.1) is 13.2 Å². The predicted molar refractivity (Wildman–Crippen MR) is 71.6 cm³/mol. The van der Waals surface area contributed by atoms with Gasteiger partial charge in [-0.1, -0.05) is 12.1 Å². The Balaban J connectivity index is 1.69. The van der Waals surface area contributed by atoms with Crippen molar-refractivity contribution in [1.29, 1.82) is 0 Å². The summed E-state index contributed by atoms with van der Waals surface area (Å²) < 4.78 is 11.0. The van der Waals surface area contributed by atoms with Gasteiger partial charge in [0, 0.05) is 5.97 Å². The monoisotopic (exact) mass is 279 g/mol. The van der Waals surface area contributed by atoms with E-state index >= 15 is 0 Å². The molecule has 1 aliphatic rings. The molecule has 0 bridgehead atoms. The van der Waals surface area contributed by atoms with Crippen molar-refractivity contribution >= 4 is 5.97 Å². The first-order chi connectivity index (χ1) is 9.74. The number of ether oxygens (including phenoxy) is 2. The molecule has 0 spiro atoms. The molecule has 1 aromatic carbocycles. The van der Waals surface area contributed by atoms with Gasteiger partial charge in [-0.25, -0.2) is 0 Å². The smallest absolute Gasteiger partial charge is 0.137 e. The minimum absolute atomic E-state index is 0.0561. The first kappa shape index (κ1) is 14.8. The van der Waals surface area contributed by atoms with E-state index in [1.807, 2.05) is 24.3 Å². The molecule has 1 aliphatic heterocycles. The summed E-state index contributed by atoms with van der Waals surface area (Å²) in [6.07, 6.45) is 0.557. The van der Waals surface area contributed by atoms with Crippen LogP contribution >= 0.6 is 0 Å². The molecule has 1 saturated heterocycles. The van der Waals surface area contributed by atoms with Crippen LogP contribution in [0.3, 0.4) is 0 Å². The van der Waals surface area contributed by atoms with Crippen LogP contribution in [0.5, 0.6) is 5.75 Å². The highest BCUT2D eigenvalue weighted by molar-refractivity contribution is 5.64. The number of morpholine rings is 1. The second-order valence-electron chi connectivity index (χ2n) is 4.98. The van der Waals surface area contributed by atoms with Crippen LogP contribution in [0.1, 0.15) is 12.0 Å². The third-order valence-corrected chi connectivity index (χ3v) is 3.47. The Labute approximate surface area is 119 Å². The van der Waals surface area contributed by atoms with Crippen molar-refractivity contribution in [2.24, 2.45) is 0 Å². The molecule has 20 heavy (non-hydrogen) atoms. The molecule has 1 aromatic rings. The van der Waals surface area contributed by atoms with Crippen LogP contribution in [0.4, 0.5) is 0 Å². The van der Waals surface area contributed by atoms with E-state index in [-0.39, 0.29) is 6.42 Å². The van der Waals surface area contributed by atoms with Gasteiger partial charge >= 0.3 is 0 Å². The minimum atomic E-state index is -1.01. The maximum atomic E-state index is 10.4. The number of hydrogen-bond acceptors (Lipinski definition) is 4. The molecule has 1 heterocycles. The van der Waals surface area contributed by atoms with Crippen molar-refractivity contribution in [3.05, 3.63) is 29.8 Å². The fourth-order valence-electron chi connectivity index (χ4n) is 2.22. The summed E-state index contributed by atoms with van der Waals surface area (Å²) in [6.45, 7) is 5.44. The highest BCUT2D eigenvalue weighted by Crippen LogP contribution is 2.12. The Morgan fingerprint density at radius 2 is 1.95 bits per heavy atom. The third kappa shape index (κ3) is 5.19. The Hall–Kier alpha value is -1.59. The Bertz CT molecular complexity index is 412. The van der Waals surface area contributed by atoms with Crippen molar-refractivity contribution in [3.63, 3.8) is 0 Å². The summed E-state index contributed by atoms with van der Waals surface area (Å²) in [4.78, 5) is 11.9. The van der Waals surface area contributed by atoms with Gasteiger partial charge < -0.3 is 24.3 Å². The molecule has 110 valence electrons. The fourth-order valence-corrected chi connectivity index (χ4v) is 2.22. The molecule has 0 aromatic heterocycles. The summed E-state index contributed by atoms with van der Waals surface area (Å²) in [5, 5.41) is 10.4. The fraction of sp³-hybridized carbons (Fsp3) is 0.533. The molecule has 0 saturated carbocycles. The van der Waals surface area contributed by atoms with Crippen molar-refractivity contribution in [1.82, 2.24) is 0 Å². The van der Waals surface area contributed by atoms with E-state index < -0.39 is 5.97 Å². The van der Waals surface area contributed by atoms with Gasteiger partial charge in [0.25, 0.3) is 0 Å². The maximum Gasteiger partial charge on any atom is 0.137 e. The van der Waals surface area contributed by atoms with Gasteiger partial charge in [-0.05, 0) is 30.5 Å². The summed E-state index contributed by atoms with van der Waals surface area (Å²) in [5.41, 5.74) is 0.986. The average molecular weight is 279 g/mol. The first-order valence-electron chi connectivity index (χ1n) is 7.07. The number of benzene rings is 1. The number of quaternary nitrogens is 1. The average Bonchev–Trinajstić information content (AvgIpc) is 2.47. The Morgan fingerprint density at radius 3 is 2.60 bits per heavy atom. The number of nitrogens with one attached hydrogen (secondary N) is 1. The molecule has 2 rings (SSSR count). The largest absolute Gasteiger partial charge is 0.550 e. The van der Waals surface area contributed by atoms with Crippen LogP contribution in [-0.2, 0) is 16.0 Å². The Morgan fingerprint density at radius 1 is 1.25 bits per heavy atom. The van der Waals surface area contributed by atoms with Crippen molar-refractivity contribution < 1.29 is 24.3 Å². The zero-order valence-corrected chi connectivity index (χ0v) is 11.6. The van der Waals surface area contributed by atoms with Crippen LogP contribution in [0.25, 0.3) is 0 Å². The number of carbonyl (C=O) groups excluding carboxylic acids is 1. The molecule has 0 unspecified atom stereocenters. The predicted octanol–water partition coefficient (Wildman–Crippen LogP) is -1.34. The number of aryl methyl sites for hydroxylation is 1. The van der Waals surface area contributed by atoms with E-state index in [0.29, 0.717) is 13.0 Å². The summed E-state index contributed by atoms with van der Waals surface area (Å²) >= 11 is 0. The van der Waals surface area contributed by atoms with Gasteiger partial charge in [-0.15, -0.1) is 0 Å². The van der Waals surface area contributed by atoms with E-state index in [4.69, 9.17) is 9.47 Å². The van der Waals surface area contributed by atoms with Gasteiger partial charge in [-0.2, -0.15) is 0 Å². The quantitative estimate of drug-likeness (QED) is 0.671. The normalized spacial score (nSPS) is 16.0. The number of carboxylic acid groups (broad SMARTS) is 1. The van der Waals surface area contributed by atoms with Crippen LogP contribution in [0.2, 0.25) is 0 Å². The molecule has 1 fully saturated rings. The molecule has 0 amide bonds. The summed E-state index contributed by atoms with van der Waals surface area (Å²) in [7, 11) is 0. The van der Waals surface area contributed by atoms with Crippen molar-refractivity contribution in [2.75, 3.05) is 39.5 Å².